The normalized spacial score (nSPS) is 11.3. The smallest absolute Gasteiger partial charge is 0.251 e. The van der Waals surface area contributed by atoms with Gasteiger partial charge in [-0.3, -0.25) is 9.79 Å². The molecule has 0 fully saturated rings. The lowest BCUT2D eigenvalue weighted by Crippen LogP contribution is -2.39. The Morgan fingerprint density at radius 3 is 2.73 bits per heavy atom. The molecule has 1 amide bonds. The molecular weight excluding hydrogens is 350 g/mol. The average molecular weight is 376 g/mol. The van der Waals surface area contributed by atoms with Gasteiger partial charge in [-0.2, -0.15) is 0 Å². The number of hydrogen-bond donors (Lipinski definition) is 2. The Bertz CT molecular complexity index is 784. The van der Waals surface area contributed by atoms with Crippen molar-refractivity contribution in [1.82, 2.24) is 20.1 Å². The van der Waals surface area contributed by atoms with Gasteiger partial charge in [0.05, 0.1) is 11.6 Å². The summed E-state index contributed by atoms with van der Waals surface area (Å²) in [4.78, 5) is 18.1. The number of carbonyl (C=O) groups is 1. The highest BCUT2D eigenvalue weighted by Crippen LogP contribution is 2.14. The van der Waals surface area contributed by atoms with E-state index in [-0.39, 0.29) is 5.91 Å². The van der Waals surface area contributed by atoms with Gasteiger partial charge in [0, 0.05) is 52.2 Å². The van der Waals surface area contributed by atoms with Gasteiger partial charge in [0.25, 0.3) is 5.91 Å². The van der Waals surface area contributed by atoms with Gasteiger partial charge in [-0.1, -0.05) is 23.7 Å². The number of amides is 1. The van der Waals surface area contributed by atoms with Crippen LogP contribution in [0.15, 0.2) is 41.5 Å². The summed E-state index contributed by atoms with van der Waals surface area (Å²) >= 11 is 6.05. The first-order valence-corrected chi connectivity index (χ1v) is 8.86. The van der Waals surface area contributed by atoms with E-state index in [4.69, 9.17) is 11.6 Å². The van der Waals surface area contributed by atoms with E-state index < -0.39 is 0 Å². The third-order valence-electron chi connectivity index (χ3n) is 4.16. The van der Waals surface area contributed by atoms with Gasteiger partial charge in [0.15, 0.2) is 5.96 Å². The van der Waals surface area contributed by atoms with Gasteiger partial charge in [-0.25, -0.2) is 0 Å². The molecule has 0 saturated carbocycles. The lowest BCUT2D eigenvalue weighted by molar-refractivity contribution is 0.0963. The van der Waals surface area contributed by atoms with Crippen LogP contribution < -0.4 is 10.6 Å². The highest BCUT2D eigenvalue weighted by molar-refractivity contribution is 6.30. The van der Waals surface area contributed by atoms with E-state index in [1.54, 1.807) is 14.1 Å². The number of benzene rings is 1. The third kappa shape index (κ3) is 5.26. The minimum Gasteiger partial charge on any atom is -0.356 e. The number of carbonyl (C=O) groups excluding carboxylic acids is 1. The summed E-state index contributed by atoms with van der Waals surface area (Å²) in [7, 11) is 7.37. The lowest BCUT2D eigenvalue weighted by Gasteiger charge is -2.22. The van der Waals surface area contributed by atoms with Crippen LogP contribution in [0.25, 0.3) is 0 Å². The van der Waals surface area contributed by atoms with Gasteiger partial charge in [-0.15, -0.1) is 0 Å². The number of hydrogen-bond acceptors (Lipinski definition) is 2. The fourth-order valence-electron chi connectivity index (χ4n) is 2.76. The summed E-state index contributed by atoms with van der Waals surface area (Å²) in [5, 5.41) is 6.74. The molecular formula is C19H26ClN5O. The molecule has 0 aliphatic heterocycles. The molecule has 0 unspecified atom stereocenters. The van der Waals surface area contributed by atoms with E-state index >= 15 is 0 Å². The number of aryl methyl sites for hydroxylation is 1. The number of aromatic nitrogens is 1. The van der Waals surface area contributed by atoms with Crippen molar-refractivity contribution in [2.75, 3.05) is 27.7 Å². The molecule has 0 bridgehead atoms. The summed E-state index contributed by atoms with van der Waals surface area (Å²) in [6, 6.07) is 9.61. The van der Waals surface area contributed by atoms with E-state index in [1.807, 2.05) is 60.1 Å². The Kier molecular flexibility index (Phi) is 7.09. The zero-order chi connectivity index (χ0) is 19.1. The Morgan fingerprint density at radius 2 is 2.12 bits per heavy atom. The van der Waals surface area contributed by atoms with Crippen LogP contribution in [0, 0.1) is 0 Å². The third-order valence-corrected chi connectivity index (χ3v) is 4.37. The quantitative estimate of drug-likeness (QED) is 0.601. The molecule has 0 radical (unpaired) electrons. The largest absolute Gasteiger partial charge is 0.356 e. The monoisotopic (exact) mass is 375 g/mol. The molecule has 1 aromatic heterocycles. The van der Waals surface area contributed by atoms with Crippen molar-refractivity contribution in [3.05, 3.63) is 58.4 Å². The average Bonchev–Trinajstić information content (AvgIpc) is 2.95. The molecule has 0 aliphatic rings. The van der Waals surface area contributed by atoms with Gasteiger partial charge >= 0.3 is 0 Å². The Balaban J connectivity index is 1.90. The number of guanidine groups is 1. The van der Waals surface area contributed by atoms with Crippen LogP contribution in [0.5, 0.6) is 0 Å². The van der Waals surface area contributed by atoms with Gasteiger partial charge in [0.2, 0.25) is 0 Å². The second-order valence-corrected chi connectivity index (χ2v) is 6.56. The van der Waals surface area contributed by atoms with Gasteiger partial charge in [-0.05, 0) is 30.2 Å². The van der Waals surface area contributed by atoms with Crippen LogP contribution in [-0.4, -0.2) is 49.0 Å². The Hall–Kier alpha value is -2.47. The first-order valence-electron chi connectivity index (χ1n) is 8.48. The molecule has 140 valence electrons. The lowest BCUT2D eigenvalue weighted by atomic mass is 10.1. The topological polar surface area (TPSA) is 61.7 Å². The SMILES string of the molecule is CN=C(NCCc1cccc(C(=O)NC)c1)N(C)Cc1cc(Cl)cn1C. The predicted octanol–water partition coefficient (Wildman–Crippen LogP) is 2.29. The molecule has 0 saturated heterocycles. The van der Waals surface area contributed by atoms with E-state index in [2.05, 4.69) is 15.6 Å². The van der Waals surface area contributed by atoms with Gasteiger partial charge < -0.3 is 20.1 Å². The highest BCUT2D eigenvalue weighted by Gasteiger charge is 2.10. The molecule has 6 nitrogen and oxygen atoms in total. The molecule has 2 N–H and O–H groups in total. The molecule has 0 aliphatic carbocycles. The summed E-state index contributed by atoms with van der Waals surface area (Å²) in [5.74, 6) is 0.737. The number of aliphatic imine (C=N–C) groups is 1. The van der Waals surface area contributed by atoms with Crippen molar-refractivity contribution in [2.45, 2.75) is 13.0 Å². The second-order valence-electron chi connectivity index (χ2n) is 6.12. The molecule has 0 spiro atoms. The maximum atomic E-state index is 11.7. The van der Waals surface area contributed by atoms with Crippen LogP contribution in [0.1, 0.15) is 21.6 Å². The zero-order valence-corrected chi connectivity index (χ0v) is 16.5. The minimum absolute atomic E-state index is 0.0726. The maximum absolute atomic E-state index is 11.7. The number of halogens is 1. The van der Waals surface area contributed by atoms with E-state index in [9.17, 15) is 4.79 Å². The van der Waals surface area contributed by atoms with Gasteiger partial charge in [0.1, 0.15) is 0 Å². The van der Waals surface area contributed by atoms with Crippen LogP contribution >= 0.6 is 11.6 Å². The molecule has 1 aromatic carbocycles. The molecule has 26 heavy (non-hydrogen) atoms. The van der Waals surface area contributed by atoms with Crippen molar-refractivity contribution < 1.29 is 4.79 Å². The summed E-state index contributed by atoms with van der Waals surface area (Å²) in [5.41, 5.74) is 2.89. The van der Waals surface area contributed by atoms with Crippen LogP contribution in [0.3, 0.4) is 0 Å². The van der Waals surface area contributed by atoms with Crippen molar-refractivity contribution in [3.8, 4) is 0 Å². The minimum atomic E-state index is -0.0726. The van der Waals surface area contributed by atoms with Crippen molar-refractivity contribution in [1.29, 1.82) is 0 Å². The molecule has 2 rings (SSSR count). The summed E-state index contributed by atoms with van der Waals surface area (Å²) in [6.45, 7) is 1.43. The predicted molar refractivity (Wildman–Crippen MR) is 107 cm³/mol. The van der Waals surface area contributed by atoms with Crippen molar-refractivity contribution in [2.24, 2.45) is 12.0 Å². The first-order chi connectivity index (χ1) is 12.4. The summed E-state index contributed by atoms with van der Waals surface area (Å²) < 4.78 is 2.01. The molecule has 1 heterocycles. The number of rotatable bonds is 6. The highest BCUT2D eigenvalue weighted by atomic mass is 35.5. The van der Waals surface area contributed by atoms with Crippen LogP contribution in [0.2, 0.25) is 5.02 Å². The van der Waals surface area contributed by atoms with E-state index in [0.717, 1.165) is 35.2 Å². The number of nitrogens with zero attached hydrogens (tertiary/aromatic N) is 3. The molecule has 7 heteroatoms. The van der Waals surface area contributed by atoms with E-state index in [1.165, 1.54) is 0 Å². The molecule has 2 aromatic rings. The standard InChI is InChI=1S/C19H26ClN5O/c1-21-18(26)15-7-5-6-14(10-15)8-9-23-19(22-2)25(4)13-17-11-16(20)12-24(17)3/h5-7,10-12H,8-9,13H2,1-4H3,(H,21,26)(H,22,23). The fraction of sp³-hybridized carbons (Fsp3) is 0.368. The molecule has 0 atom stereocenters. The van der Waals surface area contributed by atoms with Crippen LogP contribution in [0.4, 0.5) is 0 Å². The first kappa shape index (κ1) is 19.8. The van der Waals surface area contributed by atoms with E-state index in [0.29, 0.717) is 12.1 Å². The Morgan fingerprint density at radius 1 is 1.35 bits per heavy atom. The van der Waals surface area contributed by atoms with Crippen molar-refractivity contribution >= 4 is 23.5 Å². The zero-order valence-electron chi connectivity index (χ0n) is 15.7. The second kappa shape index (κ2) is 9.29. The van der Waals surface area contributed by atoms with Crippen LogP contribution in [-0.2, 0) is 20.0 Å². The Labute approximate surface area is 159 Å². The summed E-state index contributed by atoms with van der Waals surface area (Å²) in [6.07, 6.45) is 2.69. The maximum Gasteiger partial charge on any atom is 0.251 e. The van der Waals surface area contributed by atoms with Crippen molar-refractivity contribution in [3.63, 3.8) is 0 Å². The fourth-order valence-corrected chi connectivity index (χ4v) is 3.03. The number of nitrogens with one attached hydrogen (secondary N) is 2.